The number of hydrogen-bond donors (Lipinski definition) is 0. The molecule has 0 amide bonds. The topological polar surface area (TPSA) is 52.6 Å². The lowest BCUT2D eigenvalue weighted by molar-refractivity contribution is -0.150. The quantitative estimate of drug-likeness (QED) is 0.617. The molecular formula is C17H20O4. The van der Waals surface area contributed by atoms with Gasteiger partial charge in [0.2, 0.25) is 0 Å². The molecule has 1 atom stereocenters. The maximum atomic E-state index is 12.6. The maximum absolute atomic E-state index is 12.6. The molecule has 0 fully saturated rings. The molecule has 1 aromatic rings. The third-order valence-corrected chi connectivity index (χ3v) is 3.85. The van der Waals surface area contributed by atoms with Crippen LogP contribution in [0.2, 0.25) is 0 Å². The van der Waals surface area contributed by atoms with Crippen LogP contribution in [0, 0.1) is 0 Å². The van der Waals surface area contributed by atoms with Gasteiger partial charge in [0, 0.05) is 11.6 Å². The molecule has 0 aromatic heterocycles. The van der Waals surface area contributed by atoms with Gasteiger partial charge in [0.05, 0.1) is 13.7 Å². The fourth-order valence-electron chi connectivity index (χ4n) is 2.54. The molecule has 0 spiro atoms. The maximum Gasteiger partial charge on any atom is 0.324 e. The summed E-state index contributed by atoms with van der Waals surface area (Å²) in [6.07, 6.45) is 3.14. The summed E-state index contributed by atoms with van der Waals surface area (Å²) in [7, 11) is 1.46. The normalized spacial score (nSPS) is 20.5. The van der Waals surface area contributed by atoms with Crippen LogP contribution in [-0.4, -0.2) is 25.5 Å². The first-order valence-electron chi connectivity index (χ1n) is 7.13. The van der Waals surface area contributed by atoms with Crippen LogP contribution >= 0.6 is 0 Å². The molecule has 2 rings (SSSR count). The van der Waals surface area contributed by atoms with Crippen LogP contribution in [0.4, 0.5) is 0 Å². The fraction of sp³-hybridized carbons (Fsp3) is 0.412. The number of hydrogen-bond acceptors (Lipinski definition) is 4. The number of ether oxygens (including phenoxy) is 2. The van der Waals surface area contributed by atoms with Crippen molar-refractivity contribution in [3.05, 3.63) is 47.2 Å². The number of allylic oxidation sites excluding steroid dienone is 1. The van der Waals surface area contributed by atoms with E-state index in [2.05, 4.69) is 0 Å². The highest BCUT2D eigenvalue weighted by atomic mass is 16.5. The SMILES string of the molecule is CCCCOC(=O)C1(C)C(OC)=CC(=O)c2ccccc21. The Morgan fingerprint density at radius 1 is 1.29 bits per heavy atom. The minimum Gasteiger partial charge on any atom is -0.499 e. The highest BCUT2D eigenvalue weighted by Crippen LogP contribution is 2.39. The Kier molecular flexibility index (Phi) is 4.46. The highest BCUT2D eigenvalue weighted by Gasteiger charge is 2.46. The Labute approximate surface area is 124 Å². The minimum atomic E-state index is -1.08. The van der Waals surface area contributed by atoms with Gasteiger partial charge in [-0.15, -0.1) is 0 Å². The smallest absolute Gasteiger partial charge is 0.324 e. The summed E-state index contributed by atoms with van der Waals surface area (Å²) in [6.45, 7) is 4.14. The van der Waals surface area contributed by atoms with Gasteiger partial charge in [-0.05, 0) is 18.9 Å². The lowest BCUT2D eigenvalue weighted by Crippen LogP contribution is -2.41. The second-order valence-electron chi connectivity index (χ2n) is 5.24. The summed E-state index contributed by atoms with van der Waals surface area (Å²) in [6, 6.07) is 7.09. The first-order chi connectivity index (χ1) is 10.1. The van der Waals surface area contributed by atoms with Crippen molar-refractivity contribution in [3.63, 3.8) is 0 Å². The highest BCUT2D eigenvalue weighted by molar-refractivity contribution is 6.10. The van der Waals surface area contributed by atoms with E-state index in [1.54, 1.807) is 25.1 Å². The van der Waals surface area contributed by atoms with Crippen LogP contribution in [-0.2, 0) is 19.7 Å². The zero-order chi connectivity index (χ0) is 15.5. The third kappa shape index (κ3) is 2.58. The Morgan fingerprint density at radius 3 is 2.67 bits per heavy atom. The number of carbonyl (C=O) groups is 2. The van der Waals surface area contributed by atoms with E-state index in [1.807, 2.05) is 13.0 Å². The molecule has 0 aliphatic heterocycles. The molecular weight excluding hydrogens is 268 g/mol. The van der Waals surface area contributed by atoms with Gasteiger partial charge >= 0.3 is 5.97 Å². The second-order valence-corrected chi connectivity index (χ2v) is 5.24. The summed E-state index contributed by atoms with van der Waals surface area (Å²) in [5.41, 5.74) is 0.0802. The fourth-order valence-corrected chi connectivity index (χ4v) is 2.54. The van der Waals surface area contributed by atoms with Crippen molar-refractivity contribution in [2.45, 2.75) is 32.1 Å². The number of esters is 1. The summed E-state index contributed by atoms with van der Waals surface area (Å²) in [4.78, 5) is 24.7. The van der Waals surface area contributed by atoms with E-state index in [0.717, 1.165) is 12.8 Å². The molecule has 4 heteroatoms. The number of unbranched alkanes of at least 4 members (excludes halogenated alkanes) is 1. The van der Waals surface area contributed by atoms with Crippen molar-refractivity contribution in [1.82, 2.24) is 0 Å². The predicted molar refractivity (Wildman–Crippen MR) is 79.1 cm³/mol. The van der Waals surface area contributed by atoms with Crippen molar-refractivity contribution in [2.75, 3.05) is 13.7 Å². The molecule has 1 unspecified atom stereocenters. The molecule has 112 valence electrons. The molecule has 1 aromatic carbocycles. The summed E-state index contributed by atoms with van der Waals surface area (Å²) in [5, 5.41) is 0. The summed E-state index contributed by atoms with van der Waals surface area (Å²) < 4.78 is 10.7. The Balaban J connectivity index is 2.44. The molecule has 0 saturated carbocycles. The number of carbonyl (C=O) groups excluding carboxylic acids is 2. The van der Waals surface area contributed by atoms with Crippen LogP contribution in [0.15, 0.2) is 36.1 Å². The largest absolute Gasteiger partial charge is 0.499 e. The summed E-state index contributed by atoms with van der Waals surface area (Å²) in [5.74, 6) is -0.210. The predicted octanol–water partition coefficient (Wildman–Crippen LogP) is 3.01. The van der Waals surface area contributed by atoms with Crippen molar-refractivity contribution >= 4 is 11.8 Å². The zero-order valence-electron chi connectivity index (χ0n) is 12.6. The monoisotopic (exact) mass is 288 g/mol. The standard InChI is InChI=1S/C17H20O4/c1-4-5-10-21-16(19)17(2)13-9-7-6-8-12(13)14(18)11-15(17)20-3/h6-9,11H,4-5,10H2,1-3H3. The van der Waals surface area contributed by atoms with Crippen LogP contribution in [0.25, 0.3) is 0 Å². The third-order valence-electron chi connectivity index (χ3n) is 3.85. The lowest BCUT2D eigenvalue weighted by atomic mass is 9.73. The van der Waals surface area contributed by atoms with E-state index in [4.69, 9.17) is 9.47 Å². The van der Waals surface area contributed by atoms with Crippen molar-refractivity contribution in [3.8, 4) is 0 Å². The number of benzene rings is 1. The average Bonchev–Trinajstić information content (AvgIpc) is 2.51. The lowest BCUT2D eigenvalue weighted by Gasteiger charge is -2.33. The molecule has 0 bridgehead atoms. The van der Waals surface area contributed by atoms with E-state index in [0.29, 0.717) is 23.5 Å². The van der Waals surface area contributed by atoms with Crippen molar-refractivity contribution < 1.29 is 19.1 Å². The Bertz CT molecular complexity index is 588. The first kappa shape index (κ1) is 15.3. The molecule has 0 heterocycles. The molecule has 1 aliphatic rings. The number of ketones is 1. The van der Waals surface area contributed by atoms with E-state index in [9.17, 15) is 9.59 Å². The van der Waals surface area contributed by atoms with Gasteiger partial charge in [0.15, 0.2) is 5.78 Å². The van der Waals surface area contributed by atoms with Gasteiger partial charge in [0.1, 0.15) is 11.2 Å². The molecule has 0 saturated heterocycles. The van der Waals surface area contributed by atoms with Crippen LogP contribution in [0.3, 0.4) is 0 Å². The molecule has 0 N–H and O–H groups in total. The van der Waals surface area contributed by atoms with Crippen LogP contribution in [0.1, 0.15) is 42.6 Å². The number of methoxy groups -OCH3 is 1. The van der Waals surface area contributed by atoms with Gasteiger partial charge in [0.25, 0.3) is 0 Å². The molecule has 21 heavy (non-hydrogen) atoms. The van der Waals surface area contributed by atoms with Gasteiger partial charge in [-0.25, -0.2) is 0 Å². The van der Waals surface area contributed by atoms with E-state index in [-0.39, 0.29) is 11.8 Å². The van der Waals surface area contributed by atoms with Gasteiger partial charge in [-0.2, -0.15) is 0 Å². The molecule has 0 radical (unpaired) electrons. The van der Waals surface area contributed by atoms with Gasteiger partial charge in [-0.3, -0.25) is 9.59 Å². The Morgan fingerprint density at radius 2 is 2.00 bits per heavy atom. The van der Waals surface area contributed by atoms with Gasteiger partial charge < -0.3 is 9.47 Å². The van der Waals surface area contributed by atoms with Gasteiger partial charge in [-0.1, -0.05) is 37.6 Å². The van der Waals surface area contributed by atoms with E-state index < -0.39 is 5.41 Å². The van der Waals surface area contributed by atoms with Crippen molar-refractivity contribution in [2.24, 2.45) is 0 Å². The van der Waals surface area contributed by atoms with E-state index >= 15 is 0 Å². The second kappa shape index (κ2) is 6.12. The molecule has 4 nitrogen and oxygen atoms in total. The average molecular weight is 288 g/mol. The van der Waals surface area contributed by atoms with Crippen LogP contribution < -0.4 is 0 Å². The Hall–Kier alpha value is -2.10. The summed E-state index contributed by atoms with van der Waals surface area (Å²) >= 11 is 0. The number of rotatable bonds is 5. The van der Waals surface area contributed by atoms with E-state index in [1.165, 1.54) is 13.2 Å². The zero-order valence-corrected chi connectivity index (χ0v) is 12.6. The van der Waals surface area contributed by atoms with Crippen LogP contribution in [0.5, 0.6) is 0 Å². The number of fused-ring (bicyclic) bond motifs is 1. The van der Waals surface area contributed by atoms with Crippen molar-refractivity contribution in [1.29, 1.82) is 0 Å². The first-order valence-corrected chi connectivity index (χ1v) is 7.13. The molecule has 1 aliphatic carbocycles. The minimum absolute atomic E-state index is 0.152.